The molecule has 0 fully saturated rings. The molecule has 4 nitrogen and oxygen atoms in total. The summed E-state index contributed by atoms with van der Waals surface area (Å²) in [7, 11) is 1.38. The van der Waals surface area contributed by atoms with Crippen LogP contribution in [0, 0.1) is 0 Å². The molecule has 0 aromatic heterocycles. The molecule has 0 heterocycles. The Morgan fingerprint density at radius 2 is 2.21 bits per heavy atom. The quantitative estimate of drug-likeness (QED) is 0.781. The molecule has 1 atom stereocenters. The fourth-order valence-corrected chi connectivity index (χ4v) is 2.09. The van der Waals surface area contributed by atoms with Gasteiger partial charge in [0.15, 0.2) is 0 Å². The highest BCUT2D eigenvalue weighted by Crippen LogP contribution is 2.28. The van der Waals surface area contributed by atoms with Gasteiger partial charge in [0.2, 0.25) is 0 Å². The largest absolute Gasteiger partial charge is 0.493 e. The van der Waals surface area contributed by atoms with Crippen molar-refractivity contribution in [3.63, 3.8) is 0 Å². The topological polar surface area (TPSA) is 47.6 Å². The zero-order chi connectivity index (χ0) is 14.3. The Hall–Kier alpha value is -1.07. The Morgan fingerprint density at radius 3 is 2.84 bits per heavy atom. The number of carbonyl (C=O) groups excluding carboxylic acids is 1. The molecule has 0 spiro atoms. The standard InChI is InChI=1S/C14H20BrNO3/c1-4-16-10(2)12-6-5-11(15)9-13(12)19-8-7-14(17)18-3/h5-6,9-10,16H,4,7-8H2,1-3H3. The number of nitrogens with one attached hydrogen (secondary N) is 1. The van der Waals surface area contributed by atoms with Crippen LogP contribution < -0.4 is 10.1 Å². The Morgan fingerprint density at radius 1 is 1.47 bits per heavy atom. The van der Waals surface area contributed by atoms with E-state index in [4.69, 9.17) is 4.74 Å². The fraction of sp³-hybridized carbons (Fsp3) is 0.500. The van der Waals surface area contributed by atoms with Crippen LogP contribution in [0.2, 0.25) is 0 Å². The number of ether oxygens (including phenoxy) is 2. The van der Waals surface area contributed by atoms with Crippen LogP contribution in [0.1, 0.15) is 31.9 Å². The number of hydrogen-bond donors (Lipinski definition) is 1. The van der Waals surface area contributed by atoms with Gasteiger partial charge in [0.1, 0.15) is 5.75 Å². The predicted molar refractivity (Wildman–Crippen MR) is 78.4 cm³/mol. The lowest BCUT2D eigenvalue weighted by Gasteiger charge is -2.18. The summed E-state index contributed by atoms with van der Waals surface area (Å²) in [5, 5.41) is 3.35. The van der Waals surface area contributed by atoms with Gasteiger partial charge in [-0.25, -0.2) is 0 Å². The fourth-order valence-electron chi connectivity index (χ4n) is 1.75. The summed E-state index contributed by atoms with van der Waals surface area (Å²) in [4.78, 5) is 11.1. The maximum Gasteiger partial charge on any atom is 0.308 e. The van der Waals surface area contributed by atoms with Gasteiger partial charge in [-0.1, -0.05) is 28.9 Å². The number of rotatable bonds is 7. The molecule has 106 valence electrons. The zero-order valence-electron chi connectivity index (χ0n) is 11.5. The van der Waals surface area contributed by atoms with E-state index in [-0.39, 0.29) is 18.4 Å². The molecule has 0 aliphatic heterocycles. The molecule has 0 amide bonds. The van der Waals surface area contributed by atoms with Gasteiger partial charge in [-0.15, -0.1) is 0 Å². The summed E-state index contributed by atoms with van der Waals surface area (Å²) in [5.41, 5.74) is 1.08. The second-order valence-electron chi connectivity index (χ2n) is 4.14. The maximum absolute atomic E-state index is 11.1. The van der Waals surface area contributed by atoms with E-state index in [2.05, 4.69) is 39.8 Å². The minimum atomic E-state index is -0.267. The van der Waals surface area contributed by atoms with E-state index in [9.17, 15) is 4.79 Å². The predicted octanol–water partition coefficient (Wildman–Crippen LogP) is 3.06. The van der Waals surface area contributed by atoms with E-state index in [1.54, 1.807) is 0 Å². The van der Waals surface area contributed by atoms with E-state index in [1.807, 2.05) is 18.2 Å². The minimum Gasteiger partial charge on any atom is -0.493 e. The van der Waals surface area contributed by atoms with Crippen LogP contribution in [0.15, 0.2) is 22.7 Å². The third-order valence-corrected chi connectivity index (χ3v) is 3.24. The van der Waals surface area contributed by atoms with Crippen molar-refractivity contribution < 1.29 is 14.3 Å². The number of hydrogen-bond acceptors (Lipinski definition) is 4. The van der Waals surface area contributed by atoms with E-state index in [0.717, 1.165) is 22.3 Å². The third-order valence-electron chi connectivity index (χ3n) is 2.74. The van der Waals surface area contributed by atoms with Crippen molar-refractivity contribution >= 4 is 21.9 Å². The molecule has 0 saturated carbocycles. The highest BCUT2D eigenvalue weighted by molar-refractivity contribution is 9.10. The van der Waals surface area contributed by atoms with Gasteiger partial charge in [0.05, 0.1) is 20.1 Å². The molecular formula is C14H20BrNO3. The first-order valence-electron chi connectivity index (χ1n) is 6.31. The first-order valence-corrected chi connectivity index (χ1v) is 7.10. The average Bonchev–Trinajstić information content (AvgIpc) is 2.38. The second-order valence-corrected chi connectivity index (χ2v) is 5.05. The lowest BCUT2D eigenvalue weighted by Crippen LogP contribution is -2.19. The number of halogens is 1. The van der Waals surface area contributed by atoms with Crippen molar-refractivity contribution in [2.24, 2.45) is 0 Å². The third kappa shape index (κ3) is 5.20. The monoisotopic (exact) mass is 329 g/mol. The van der Waals surface area contributed by atoms with Gasteiger partial charge in [-0.05, 0) is 25.6 Å². The number of methoxy groups -OCH3 is 1. The molecule has 5 heteroatoms. The van der Waals surface area contributed by atoms with Crippen LogP contribution in [-0.4, -0.2) is 26.2 Å². The van der Waals surface area contributed by atoms with Gasteiger partial charge < -0.3 is 14.8 Å². The van der Waals surface area contributed by atoms with E-state index in [1.165, 1.54) is 7.11 Å². The first kappa shape index (κ1) is 16.0. The average molecular weight is 330 g/mol. The van der Waals surface area contributed by atoms with Crippen LogP contribution >= 0.6 is 15.9 Å². The molecule has 1 N–H and O–H groups in total. The number of esters is 1. The highest BCUT2D eigenvalue weighted by atomic mass is 79.9. The van der Waals surface area contributed by atoms with Crippen LogP contribution in [0.5, 0.6) is 5.75 Å². The lowest BCUT2D eigenvalue weighted by molar-refractivity contribution is -0.141. The van der Waals surface area contributed by atoms with Crippen molar-refractivity contribution in [3.05, 3.63) is 28.2 Å². The lowest BCUT2D eigenvalue weighted by atomic mass is 10.1. The van der Waals surface area contributed by atoms with E-state index < -0.39 is 0 Å². The van der Waals surface area contributed by atoms with Crippen molar-refractivity contribution in [1.29, 1.82) is 0 Å². The summed E-state index contributed by atoms with van der Waals surface area (Å²) in [6, 6.07) is 6.12. The van der Waals surface area contributed by atoms with Crippen molar-refractivity contribution in [3.8, 4) is 5.75 Å². The Bertz CT molecular complexity index is 423. The number of carbonyl (C=O) groups is 1. The van der Waals surface area contributed by atoms with Crippen molar-refractivity contribution in [2.45, 2.75) is 26.3 Å². The van der Waals surface area contributed by atoms with Crippen molar-refractivity contribution in [1.82, 2.24) is 5.32 Å². The molecule has 0 aliphatic rings. The first-order chi connectivity index (χ1) is 9.08. The maximum atomic E-state index is 11.1. The van der Waals surface area contributed by atoms with Gasteiger partial charge >= 0.3 is 5.97 Å². The molecule has 0 saturated heterocycles. The van der Waals surface area contributed by atoms with E-state index in [0.29, 0.717) is 6.61 Å². The molecule has 1 aromatic carbocycles. The molecule has 1 rings (SSSR count). The molecule has 19 heavy (non-hydrogen) atoms. The Kier molecular flexibility index (Phi) is 6.87. The van der Waals surface area contributed by atoms with Gasteiger partial charge in [-0.3, -0.25) is 4.79 Å². The molecule has 0 aliphatic carbocycles. The van der Waals surface area contributed by atoms with Gasteiger partial charge in [0.25, 0.3) is 0 Å². The van der Waals surface area contributed by atoms with Crippen LogP contribution in [0.4, 0.5) is 0 Å². The summed E-state index contributed by atoms with van der Waals surface area (Å²) < 4.78 is 11.2. The summed E-state index contributed by atoms with van der Waals surface area (Å²) in [5.74, 6) is 0.517. The normalized spacial score (nSPS) is 12.0. The second kappa shape index (κ2) is 8.17. The van der Waals surface area contributed by atoms with E-state index >= 15 is 0 Å². The Labute approximate surface area is 122 Å². The van der Waals surface area contributed by atoms with Gasteiger partial charge in [-0.2, -0.15) is 0 Å². The minimum absolute atomic E-state index is 0.200. The molecule has 1 aromatic rings. The molecule has 0 bridgehead atoms. The summed E-state index contributed by atoms with van der Waals surface area (Å²) >= 11 is 3.43. The Balaban J connectivity index is 2.73. The molecule has 0 radical (unpaired) electrons. The van der Waals surface area contributed by atoms with Crippen LogP contribution in [0.25, 0.3) is 0 Å². The smallest absolute Gasteiger partial charge is 0.308 e. The van der Waals surface area contributed by atoms with Crippen LogP contribution in [0.3, 0.4) is 0 Å². The molecule has 1 unspecified atom stereocenters. The highest BCUT2D eigenvalue weighted by Gasteiger charge is 2.12. The summed E-state index contributed by atoms with van der Waals surface area (Å²) in [6.07, 6.45) is 0.248. The number of benzene rings is 1. The van der Waals surface area contributed by atoms with Gasteiger partial charge in [0, 0.05) is 16.1 Å². The molecular weight excluding hydrogens is 310 g/mol. The summed E-state index contributed by atoms with van der Waals surface area (Å²) in [6.45, 7) is 5.35. The SMILES string of the molecule is CCNC(C)c1ccc(Br)cc1OCCC(=O)OC. The van der Waals surface area contributed by atoms with Crippen molar-refractivity contribution in [2.75, 3.05) is 20.3 Å². The zero-order valence-corrected chi connectivity index (χ0v) is 13.1. The van der Waals surface area contributed by atoms with Crippen LogP contribution in [-0.2, 0) is 9.53 Å².